The first-order valence-corrected chi connectivity index (χ1v) is 18.3. The summed E-state index contributed by atoms with van der Waals surface area (Å²) in [5.74, 6) is 0. The zero-order chi connectivity index (χ0) is 33.5. The molecule has 3 heterocycles. The van der Waals surface area contributed by atoms with E-state index in [1.807, 2.05) is 11.3 Å². The highest BCUT2D eigenvalue weighted by atomic mass is 32.1. The minimum absolute atomic E-state index is 1.17. The molecule has 0 N–H and O–H groups in total. The number of hydrogen-bond donors (Lipinski definition) is 0. The molecule has 8 aromatic carbocycles. The molecule has 238 valence electrons. The average Bonchev–Trinajstić information content (AvgIpc) is 3.85. The molecule has 0 unspecified atom stereocenters. The van der Waals surface area contributed by atoms with Crippen LogP contribution in [0.2, 0.25) is 0 Å². The van der Waals surface area contributed by atoms with E-state index in [1.165, 1.54) is 97.4 Å². The van der Waals surface area contributed by atoms with Gasteiger partial charge in [-0.05, 0) is 89.0 Å². The van der Waals surface area contributed by atoms with Gasteiger partial charge in [-0.2, -0.15) is 0 Å². The molecule has 0 radical (unpaired) electrons. The average molecular weight is 667 g/mol. The molecule has 0 aliphatic rings. The van der Waals surface area contributed by atoms with Gasteiger partial charge in [0.2, 0.25) is 0 Å². The Morgan fingerprint density at radius 3 is 1.67 bits per heavy atom. The van der Waals surface area contributed by atoms with Gasteiger partial charge in [0.15, 0.2) is 0 Å². The minimum Gasteiger partial charge on any atom is -0.309 e. The zero-order valence-electron chi connectivity index (χ0n) is 27.6. The maximum atomic E-state index is 2.45. The van der Waals surface area contributed by atoms with Crippen LogP contribution in [0.4, 0.5) is 0 Å². The van der Waals surface area contributed by atoms with Crippen molar-refractivity contribution in [3.63, 3.8) is 0 Å². The zero-order valence-corrected chi connectivity index (χ0v) is 28.4. The standard InChI is InChI=1S/C48H30N2S/c1-3-14-33(15-4-1)49-42-23-11-8-19-38(42)47-37(21-13-24-43(47)49)40-28-32(30-46-48(40)39-20-9-12-25-45(39)51-46)31-26-27-36-35-18-7-10-22-41(35)50(44(36)29-31)34-16-5-2-6-17-34/h1-30H. The van der Waals surface area contributed by atoms with E-state index in [2.05, 4.69) is 191 Å². The van der Waals surface area contributed by atoms with Crippen LogP contribution in [0.1, 0.15) is 0 Å². The molecular weight excluding hydrogens is 637 g/mol. The molecule has 0 aliphatic heterocycles. The summed E-state index contributed by atoms with van der Waals surface area (Å²) in [5.41, 5.74) is 12.2. The second-order valence-electron chi connectivity index (χ2n) is 13.3. The fourth-order valence-electron chi connectivity index (χ4n) is 8.34. The second kappa shape index (κ2) is 11.0. The van der Waals surface area contributed by atoms with Crippen molar-refractivity contribution in [3.8, 4) is 33.6 Å². The van der Waals surface area contributed by atoms with E-state index in [-0.39, 0.29) is 0 Å². The number of para-hydroxylation sites is 4. The third kappa shape index (κ3) is 4.22. The van der Waals surface area contributed by atoms with Crippen molar-refractivity contribution in [3.05, 3.63) is 182 Å². The van der Waals surface area contributed by atoms with Crippen molar-refractivity contribution >= 4 is 75.1 Å². The van der Waals surface area contributed by atoms with Gasteiger partial charge in [-0.25, -0.2) is 0 Å². The van der Waals surface area contributed by atoms with Crippen LogP contribution in [0.15, 0.2) is 182 Å². The van der Waals surface area contributed by atoms with E-state index in [1.54, 1.807) is 0 Å². The molecule has 3 aromatic heterocycles. The van der Waals surface area contributed by atoms with Gasteiger partial charge in [0.05, 0.1) is 22.1 Å². The fourth-order valence-corrected chi connectivity index (χ4v) is 9.51. The Hall–Kier alpha value is -6.42. The molecule has 2 nitrogen and oxygen atoms in total. The van der Waals surface area contributed by atoms with Gasteiger partial charge < -0.3 is 9.13 Å². The van der Waals surface area contributed by atoms with Gasteiger partial charge in [0.1, 0.15) is 0 Å². The van der Waals surface area contributed by atoms with Crippen molar-refractivity contribution in [2.75, 3.05) is 0 Å². The fraction of sp³-hybridized carbons (Fsp3) is 0. The lowest BCUT2D eigenvalue weighted by atomic mass is 9.92. The van der Waals surface area contributed by atoms with Crippen LogP contribution in [-0.4, -0.2) is 9.13 Å². The number of aromatic nitrogens is 2. The Morgan fingerprint density at radius 1 is 0.314 bits per heavy atom. The highest BCUT2D eigenvalue weighted by Crippen LogP contribution is 2.47. The van der Waals surface area contributed by atoms with E-state index in [4.69, 9.17) is 0 Å². The summed E-state index contributed by atoms with van der Waals surface area (Å²) >= 11 is 1.89. The summed E-state index contributed by atoms with van der Waals surface area (Å²) in [6, 6.07) is 66.6. The molecule has 0 saturated carbocycles. The molecular formula is C48H30N2S. The third-order valence-corrected chi connectivity index (χ3v) is 11.6. The quantitative estimate of drug-likeness (QED) is 0.177. The van der Waals surface area contributed by atoms with Crippen molar-refractivity contribution < 1.29 is 0 Å². The summed E-state index contributed by atoms with van der Waals surface area (Å²) in [4.78, 5) is 0. The Bertz CT molecular complexity index is 3130. The van der Waals surface area contributed by atoms with E-state index in [0.717, 1.165) is 0 Å². The minimum atomic E-state index is 1.17. The Kier molecular flexibility index (Phi) is 6.16. The summed E-state index contributed by atoms with van der Waals surface area (Å²) in [6.45, 7) is 0. The second-order valence-corrected chi connectivity index (χ2v) is 14.4. The van der Waals surface area contributed by atoms with Crippen LogP contribution in [0.5, 0.6) is 0 Å². The predicted octanol–water partition coefficient (Wildman–Crippen LogP) is 13.6. The molecule has 0 amide bonds. The van der Waals surface area contributed by atoms with E-state index >= 15 is 0 Å². The highest BCUT2D eigenvalue weighted by molar-refractivity contribution is 7.26. The maximum absolute atomic E-state index is 2.45. The van der Waals surface area contributed by atoms with Crippen LogP contribution in [0.25, 0.3) is 97.4 Å². The Labute approximate surface area is 298 Å². The largest absolute Gasteiger partial charge is 0.309 e. The van der Waals surface area contributed by atoms with Gasteiger partial charge in [-0.1, -0.05) is 115 Å². The van der Waals surface area contributed by atoms with E-state index in [0.29, 0.717) is 0 Å². The van der Waals surface area contributed by atoms with E-state index in [9.17, 15) is 0 Å². The molecule has 11 rings (SSSR count). The molecule has 51 heavy (non-hydrogen) atoms. The molecule has 0 bridgehead atoms. The Balaban J connectivity index is 1.23. The van der Waals surface area contributed by atoms with Crippen molar-refractivity contribution in [1.82, 2.24) is 9.13 Å². The lowest BCUT2D eigenvalue weighted by Crippen LogP contribution is -1.93. The smallest absolute Gasteiger partial charge is 0.0547 e. The molecule has 0 saturated heterocycles. The van der Waals surface area contributed by atoms with Crippen LogP contribution >= 0.6 is 11.3 Å². The molecule has 0 fully saturated rings. The normalized spacial score (nSPS) is 11.9. The van der Waals surface area contributed by atoms with E-state index < -0.39 is 0 Å². The van der Waals surface area contributed by atoms with Crippen molar-refractivity contribution in [1.29, 1.82) is 0 Å². The number of nitrogens with zero attached hydrogens (tertiary/aromatic N) is 2. The monoisotopic (exact) mass is 666 g/mol. The molecule has 0 aliphatic carbocycles. The molecule has 3 heteroatoms. The number of benzene rings is 8. The third-order valence-electron chi connectivity index (χ3n) is 10.5. The lowest BCUT2D eigenvalue weighted by molar-refractivity contribution is 1.18. The predicted molar refractivity (Wildman–Crippen MR) is 219 cm³/mol. The van der Waals surface area contributed by atoms with Crippen LogP contribution in [0, 0.1) is 0 Å². The first-order valence-electron chi connectivity index (χ1n) is 17.4. The summed E-state index contributed by atoms with van der Waals surface area (Å²) in [7, 11) is 0. The number of rotatable bonds is 4. The van der Waals surface area contributed by atoms with Crippen LogP contribution in [-0.2, 0) is 0 Å². The molecule has 11 aromatic rings. The van der Waals surface area contributed by atoms with Gasteiger partial charge in [0, 0.05) is 53.1 Å². The maximum Gasteiger partial charge on any atom is 0.0547 e. The Morgan fingerprint density at radius 2 is 0.902 bits per heavy atom. The number of hydrogen-bond acceptors (Lipinski definition) is 1. The van der Waals surface area contributed by atoms with Crippen molar-refractivity contribution in [2.24, 2.45) is 0 Å². The first kappa shape index (κ1) is 28.4. The molecule has 0 spiro atoms. The SMILES string of the molecule is c1ccc(-n2c3ccccc3c3ccc(-c4cc(-c5cccc6c5c5ccccc5n6-c5ccccc5)c5c(c4)sc4ccccc45)cc32)cc1. The highest BCUT2D eigenvalue weighted by Gasteiger charge is 2.21. The van der Waals surface area contributed by atoms with Gasteiger partial charge >= 0.3 is 0 Å². The van der Waals surface area contributed by atoms with Crippen LogP contribution < -0.4 is 0 Å². The first-order chi connectivity index (χ1) is 25.3. The molecule has 0 atom stereocenters. The summed E-state index contributed by atoms with van der Waals surface area (Å²) in [6.07, 6.45) is 0. The van der Waals surface area contributed by atoms with Crippen LogP contribution in [0.3, 0.4) is 0 Å². The topological polar surface area (TPSA) is 9.86 Å². The number of fused-ring (bicyclic) bond motifs is 9. The van der Waals surface area contributed by atoms with Gasteiger partial charge in [0.25, 0.3) is 0 Å². The summed E-state index contributed by atoms with van der Waals surface area (Å²) < 4.78 is 7.43. The van der Waals surface area contributed by atoms with Crippen molar-refractivity contribution in [2.45, 2.75) is 0 Å². The van der Waals surface area contributed by atoms with Gasteiger partial charge in [-0.15, -0.1) is 11.3 Å². The lowest BCUT2D eigenvalue weighted by Gasteiger charge is -2.13. The van der Waals surface area contributed by atoms with Gasteiger partial charge in [-0.3, -0.25) is 0 Å². The number of thiophene rings is 1. The summed E-state index contributed by atoms with van der Waals surface area (Å²) in [5, 5.41) is 7.71.